The van der Waals surface area contributed by atoms with E-state index in [0.29, 0.717) is 50.5 Å². The van der Waals surface area contributed by atoms with Gasteiger partial charge in [-0.2, -0.15) is 0 Å². The molecular weight excluding hydrogens is 384 g/mol. The highest BCUT2D eigenvalue weighted by molar-refractivity contribution is 5.94. The van der Waals surface area contributed by atoms with E-state index >= 15 is 0 Å². The smallest absolute Gasteiger partial charge is 0.307 e. The first-order chi connectivity index (χ1) is 14.4. The van der Waals surface area contributed by atoms with Crippen LogP contribution >= 0.6 is 0 Å². The Hall–Kier alpha value is -2.90. The first kappa shape index (κ1) is 23.4. The largest absolute Gasteiger partial charge is 0.466 e. The van der Waals surface area contributed by atoms with Gasteiger partial charge >= 0.3 is 5.97 Å². The molecule has 2 amide bonds. The normalized spacial score (nSPS) is 10.8. The number of nitrogens with zero attached hydrogens (tertiary/aromatic N) is 3. The number of carbonyl (C=O) groups is 3. The van der Waals surface area contributed by atoms with Crippen LogP contribution in [0.4, 0.5) is 0 Å². The number of rotatable bonds is 11. The van der Waals surface area contributed by atoms with Gasteiger partial charge in [0.15, 0.2) is 0 Å². The van der Waals surface area contributed by atoms with E-state index in [2.05, 4.69) is 10.3 Å². The zero-order chi connectivity index (χ0) is 22.1. The molecule has 2 heterocycles. The van der Waals surface area contributed by atoms with Crippen LogP contribution in [-0.4, -0.2) is 58.3 Å². The van der Waals surface area contributed by atoms with Crippen molar-refractivity contribution in [2.45, 2.75) is 53.4 Å². The zero-order valence-corrected chi connectivity index (χ0v) is 18.4. The molecule has 8 heteroatoms. The van der Waals surface area contributed by atoms with Crippen molar-refractivity contribution in [3.63, 3.8) is 0 Å². The van der Waals surface area contributed by atoms with Crippen molar-refractivity contribution in [3.05, 3.63) is 35.3 Å². The molecule has 2 aromatic rings. The third-order valence-electron chi connectivity index (χ3n) is 4.82. The number of nitrogens with one attached hydrogen (secondary N) is 1. The summed E-state index contributed by atoms with van der Waals surface area (Å²) < 4.78 is 6.72. The highest BCUT2D eigenvalue weighted by Crippen LogP contribution is 2.15. The summed E-state index contributed by atoms with van der Waals surface area (Å²) in [6.07, 6.45) is 3.68. The minimum Gasteiger partial charge on any atom is -0.466 e. The van der Waals surface area contributed by atoms with Gasteiger partial charge < -0.3 is 15.0 Å². The van der Waals surface area contributed by atoms with Gasteiger partial charge in [0.25, 0.3) is 5.91 Å². The van der Waals surface area contributed by atoms with Gasteiger partial charge in [-0.3, -0.25) is 18.8 Å². The fraction of sp³-hybridized carbons (Fsp3) is 0.545. The van der Waals surface area contributed by atoms with Crippen LogP contribution < -0.4 is 5.32 Å². The summed E-state index contributed by atoms with van der Waals surface area (Å²) in [4.78, 5) is 42.9. The summed E-state index contributed by atoms with van der Waals surface area (Å²) >= 11 is 0. The summed E-state index contributed by atoms with van der Waals surface area (Å²) in [5.74, 6) is -0.514. The van der Waals surface area contributed by atoms with Crippen molar-refractivity contribution >= 4 is 23.4 Å². The molecule has 0 aliphatic carbocycles. The van der Waals surface area contributed by atoms with Crippen LogP contribution in [0.3, 0.4) is 0 Å². The average Bonchev–Trinajstić information content (AvgIpc) is 3.05. The van der Waals surface area contributed by atoms with E-state index in [9.17, 15) is 14.4 Å². The highest BCUT2D eigenvalue weighted by Gasteiger charge is 2.18. The first-order valence-electron chi connectivity index (χ1n) is 10.5. The standard InChI is InChI=1S/C22H32N4O4/c1-5-13-25(15-11-19(28)30-6-2)18(27)10-7-12-23-22(29)20-17(4)24-21-16(3)9-8-14-26(20)21/h8-9,14H,5-7,10-13,15H2,1-4H3,(H,23,29). The Labute approximate surface area is 177 Å². The molecule has 0 spiro atoms. The van der Waals surface area contributed by atoms with Gasteiger partial charge in [-0.15, -0.1) is 0 Å². The number of imidazole rings is 1. The van der Waals surface area contributed by atoms with E-state index in [1.54, 1.807) is 16.2 Å². The lowest BCUT2D eigenvalue weighted by molar-refractivity contribution is -0.144. The van der Waals surface area contributed by atoms with E-state index in [4.69, 9.17) is 4.74 Å². The van der Waals surface area contributed by atoms with E-state index in [-0.39, 0.29) is 24.2 Å². The molecule has 2 aromatic heterocycles. The number of pyridine rings is 1. The molecule has 8 nitrogen and oxygen atoms in total. The second-order valence-electron chi connectivity index (χ2n) is 7.23. The maximum Gasteiger partial charge on any atom is 0.307 e. The van der Waals surface area contributed by atoms with Crippen LogP contribution in [0.25, 0.3) is 5.65 Å². The maximum atomic E-state index is 12.7. The monoisotopic (exact) mass is 416 g/mol. The molecule has 0 unspecified atom stereocenters. The Kier molecular flexibility index (Phi) is 8.83. The quantitative estimate of drug-likeness (QED) is 0.449. The van der Waals surface area contributed by atoms with Crippen molar-refractivity contribution in [1.82, 2.24) is 19.6 Å². The lowest BCUT2D eigenvalue weighted by atomic mass is 10.2. The minimum absolute atomic E-state index is 0.0167. The molecular formula is C22H32N4O4. The van der Waals surface area contributed by atoms with Crippen molar-refractivity contribution < 1.29 is 19.1 Å². The second kappa shape index (κ2) is 11.3. The van der Waals surface area contributed by atoms with Crippen LogP contribution in [0, 0.1) is 13.8 Å². The molecule has 0 aliphatic heterocycles. The summed E-state index contributed by atoms with van der Waals surface area (Å²) in [7, 11) is 0. The summed E-state index contributed by atoms with van der Waals surface area (Å²) in [6, 6.07) is 3.84. The van der Waals surface area contributed by atoms with Gasteiger partial charge in [0, 0.05) is 32.3 Å². The number of amides is 2. The van der Waals surface area contributed by atoms with E-state index in [1.807, 2.05) is 39.1 Å². The van der Waals surface area contributed by atoms with Gasteiger partial charge in [0.05, 0.1) is 18.7 Å². The zero-order valence-electron chi connectivity index (χ0n) is 18.4. The molecule has 0 saturated carbocycles. The fourth-order valence-electron chi connectivity index (χ4n) is 3.36. The molecule has 30 heavy (non-hydrogen) atoms. The van der Waals surface area contributed by atoms with Crippen molar-refractivity contribution in [2.75, 3.05) is 26.2 Å². The van der Waals surface area contributed by atoms with Crippen LogP contribution in [0.5, 0.6) is 0 Å². The number of carbonyl (C=O) groups excluding carboxylic acids is 3. The van der Waals surface area contributed by atoms with Gasteiger partial charge in [0.1, 0.15) is 11.3 Å². The molecule has 164 valence electrons. The number of ether oxygens (including phenoxy) is 1. The Morgan fingerprint density at radius 3 is 2.63 bits per heavy atom. The van der Waals surface area contributed by atoms with E-state index in [1.165, 1.54) is 0 Å². The number of fused-ring (bicyclic) bond motifs is 1. The van der Waals surface area contributed by atoms with Crippen molar-refractivity contribution in [3.8, 4) is 0 Å². The van der Waals surface area contributed by atoms with E-state index in [0.717, 1.165) is 17.6 Å². The predicted molar refractivity (Wildman–Crippen MR) is 114 cm³/mol. The van der Waals surface area contributed by atoms with Crippen LogP contribution in [0.15, 0.2) is 18.3 Å². The molecule has 0 saturated heterocycles. The highest BCUT2D eigenvalue weighted by atomic mass is 16.5. The van der Waals surface area contributed by atoms with E-state index < -0.39 is 0 Å². The molecule has 0 aromatic carbocycles. The minimum atomic E-state index is -0.294. The second-order valence-corrected chi connectivity index (χ2v) is 7.23. The molecule has 1 N–H and O–H groups in total. The lowest BCUT2D eigenvalue weighted by Crippen LogP contribution is -2.34. The molecule has 0 atom stereocenters. The third-order valence-corrected chi connectivity index (χ3v) is 4.82. The van der Waals surface area contributed by atoms with Gasteiger partial charge in [-0.1, -0.05) is 13.0 Å². The third kappa shape index (κ3) is 6.05. The topological polar surface area (TPSA) is 93.0 Å². The Morgan fingerprint density at radius 2 is 1.93 bits per heavy atom. The fourth-order valence-corrected chi connectivity index (χ4v) is 3.36. The van der Waals surface area contributed by atoms with Gasteiger partial charge in [0.2, 0.25) is 5.91 Å². The number of aromatic nitrogens is 2. The molecule has 0 fully saturated rings. The Bertz CT molecular complexity index is 891. The van der Waals surface area contributed by atoms with Crippen LogP contribution in [-0.2, 0) is 14.3 Å². The molecule has 0 bridgehead atoms. The van der Waals surface area contributed by atoms with Gasteiger partial charge in [-0.25, -0.2) is 4.98 Å². The number of esters is 1. The van der Waals surface area contributed by atoms with Crippen LogP contribution in [0.2, 0.25) is 0 Å². The summed E-state index contributed by atoms with van der Waals surface area (Å²) in [5.41, 5.74) is 2.96. The number of aryl methyl sites for hydroxylation is 2. The van der Waals surface area contributed by atoms with Crippen molar-refractivity contribution in [1.29, 1.82) is 0 Å². The molecule has 0 radical (unpaired) electrons. The predicted octanol–water partition coefficient (Wildman–Crippen LogP) is 2.65. The number of hydrogen-bond donors (Lipinski definition) is 1. The maximum absolute atomic E-state index is 12.7. The Balaban J connectivity index is 1.85. The van der Waals surface area contributed by atoms with Crippen LogP contribution in [0.1, 0.15) is 61.3 Å². The summed E-state index contributed by atoms with van der Waals surface area (Å²) in [6.45, 7) is 9.22. The Morgan fingerprint density at radius 1 is 1.17 bits per heavy atom. The van der Waals surface area contributed by atoms with Crippen molar-refractivity contribution in [2.24, 2.45) is 0 Å². The lowest BCUT2D eigenvalue weighted by Gasteiger charge is -2.21. The van der Waals surface area contributed by atoms with Gasteiger partial charge in [-0.05, 0) is 45.2 Å². The summed E-state index contributed by atoms with van der Waals surface area (Å²) in [5, 5.41) is 2.89. The number of hydrogen-bond acceptors (Lipinski definition) is 5. The SMILES string of the molecule is CCCN(CCC(=O)OCC)C(=O)CCCNC(=O)c1c(C)nc2c(C)cccn12. The molecule has 0 aliphatic rings. The average molecular weight is 417 g/mol. The molecule has 2 rings (SSSR count). The first-order valence-corrected chi connectivity index (χ1v) is 10.5.